The van der Waals surface area contributed by atoms with Crippen LogP contribution in [0.2, 0.25) is 0 Å². The summed E-state index contributed by atoms with van der Waals surface area (Å²) < 4.78 is 10.9. The number of unbranched alkanes of at least 4 members (excludes halogenated alkanes) is 1. The highest BCUT2D eigenvalue weighted by atomic mass is 31.1. The molecule has 0 aromatic heterocycles. The maximum absolute atomic E-state index is 10.9. The molecule has 1 aromatic carbocycles. The van der Waals surface area contributed by atoms with Gasteiger partial charge in [-0.2, -0.15) is 4.89 Å². The lowest BCUT2D eigenvalue weighted by atomic mass is 10.1. The Hall–Kier alpha value is -0.720. The molecule has 0 spiro atoms. The highest BCUT2D eigenvalue weighted by molar-refractivity contribution is 7.47. The van der Waals surface area contributed by atoms with Gasteiger partial charge in [0, 0.05) is 5.56 Å². The lowest BCUT2D eigenvalue weighted by molar-refractivity contribution is 0.513. The van der Waals surface area contributed by atoms with Crippen molar-refractivity contribution >= 4 is 13.3 Å². The fraction of sp³-hybridized carbons (Fsp3) is 0.400. The van der Waals surface area contributed by atoms with Gasteiger partial charge in [-0.05, 0) is 23.5 Å². The zero-order valence-electron chi connectivity index (χ0n) is 7.73. The minimum atomic E-state index is -2.18. The Kier molecular flexibility index (Phi) is 4.07. The van der Waals surface area contributed by atoms with Gasteiger partial charge in [0.25, 0.3) is 0 Å². The molecular weight excluding hydrogens is 183 g/mol. The van der Waals surface area contributed by atoms with Gasteiger partial charge < -0.3 is 0 Å². The lowest BCUT2D eigenvalue weighted by Gasteiger charge is -1.97. The van der Waals surface area contributed by atoms with E-state index in [-0.39, 0.29) is 0 Å². The monoisotopic (exact) mass is 197 g/mol. The van der Waals surface area contributed by atoms with Crippen LogP contribution in [0.4, 0.5) is 0 Å². The molecule has 0 heterocycles. The molecule has 1 unspecified atom stereocenters. The Bertz CT molecular complexity index is 297. The summed E-state index contributed by atoms with van der Waals surface area (Å²) >= 11 is 0. The summed E-state index contributed by atoms with van der Waals surface area (Å²) in [5, 5.41) is 0.589. The molecule has 2 nitrogen and oxygen atoms in total. The molecular formula is C10H14O2P+. The maximum atomic E-state index is 10.9. The lowest BCUT2D eigenvalue weighted by Crippen LogP contribution is -2.04. The van der Waals surface area contributed by atoms with Crippen molar-refractivity contribution in [1.82, 2.24) is 0 Å². The largest absolute Gasteiger partial charge is 0.546 e. The highest BCUT2D eigenvalue weighted by Crippen LogP contribution is 2.17. The smallest absolute Gasteiger partial charge is 0.156 e. The first-order chi connectivity index (χ1) is 6.25. The Labute approximate surface area is 79.5 Å². The van der Waals surface area contributed by atoms with Gasteiger partial charge in [-0.15, -0.1) is 0 Å². The minimum absolute atomic E-state index is 0.589. The van der Waals surface area contributed by atoms with Gasteiger partial charge in [0.1, 0.15) is 0 Å². The zero-order valence-corrected chi connectivity index (χ0v) is 8.63. The first kappa shape index (κ1) is 10.4. The van der Waals surface area contributed by atoms with Crippen molar-refractivity contribution in [3.05, 3.63) is 29.8 Å². The number of rotatable bonds is 4. The Balaban J connectivity index is 2.84. The summed E-state index contributed by atoms with van der Waals surface area (Å²) in [7, 11) is -2.18. The van der Waals surface area contributed by atoms with E-state index in [1.807, 2.05) is 12.1 Å². The van der Waals surface area contributed by atoms with Crippen LogP contribution in [0.25, 0.3) is 0 Å². The Morgan fingerprint density at radius 3 is 2.69 bits per heavy atom. The molecule has 1 atom stereocenters. The van der Waals surface area contributed by atoms with E-state index in [0.29, 0.717) is 5.30 Å². The molecule has 0 bridgehead atoms. The van der Waals surface area contributed by atoms with Crippen LogP contribution in [0.1, 0.15) is 25.3 Å². The first-order valence-electron chi connectivity index (χ1n) is 4.49. The molecule has 70 valence electrons. The summed E-state index contributed by atoms with van der Waals surface area (Å²) in [6.45, 7) is 2.11. The summed E-state index contributed by atoms with van der Waals surface area (Å²) in [6.07, 6.45) is 3.07. The normalized spacial score (nSPS) is 11.4. The van der Waals surface area contributed by atoms with E-state index in [1.54, 1.807) is 12.1 Å². The number of hydrogen-bond donors (Lipinski definition) is 1. The third kappa shape index (κ3) is 2.91. The Morgan fingerprint density at radius 1 is 1.38 bits per heavy atom. The predicted molar refractivity (Wildman–Crippen MR) is 54.5 cm³/mol. The van der Waals surface area contributed by atoms with E-state index >= 15 is 0 Å². The Morgan fingerprint density at radius 2 is 2.08 bits per heavy atom. The van der Waals surface area contributed by atoms with Crippen LogP contribution in [-0.4, -0.2) is 4.89 Å². The summed E-state index contributed by atoms with van der Waals surface area (Å²) in [4.78, 5) is 9.01. The van der Waals surface area contributed by atoms with Gasteiger partial charge >= 0.3 is 8.03 Å². The third-order valence-electron chi connectivity index (χ3n) is 2.00. The van der Waals surface area contributed by atoms with Crippen molar-refractivity contribution in [2.45, 2.75) is 26.2 Å². The second-order valence-electron chi connectivity index (χ2n) is 3.01. The van der Waals surface area contributed by atoms with Crippen LogP contribution in [-0.2, 0) is 11.0 Å². The number of aryl methyl sites for hydroxylation is 1. The van der Waals surface area contributed by atoms with E-state index in [1.165, 1.54) is 0 Å². The highest BCUT2D eigenvalue weighted by Gasteiger charge is 2.19. The van der Waals surface area contributed by atoms with Crippen LogP contribution in [0.15, 0.2) is 24.3 Å². The average Bonchev–Trinajstić information content (AvgIpc) is 2.15. The van der Waals surface area contributed by atoms with Gasteiger partial charge in [-0.25, -0.2) is 0 Å². The van der Waals surface area contributed by atoms with Crippen molar-refractivity contribution in [2.75, 3.05) is 0 Å². The minimum Gasteiger partial charge on any atom is -0.156 e. The first-order valence-corrected chi connectivity index (χ1v) is 5.71. The van der Waals surface area contributed by atoms with Crippen molar-refractivity contribution in [3.8, 4) is 0 Å². The fourth-order valence-electron chi connectivity index (χ4n) is 1.28. The van der Waals surface area contributed by atoms with Crippen LogP contribution in [0.3, 0.4) is 0 Å². The van der Waals surface area contributed by atoms with Crippen LogP contribution in [0.5, 0.6) is 0 Å². The van der Waals surface area contributed by atoms with E-state index in [4.69, 9.17) is 4.89 Å². The standard InChI is InChI=1S/C10H13O2P/c1-2-3-6-9-7-4-5-8-10(9)13(11)12/h4-5,7-8H,2-3,6H2,1H3/p+1. The molecule has 0 aliphatic carbocycles. The SMILES string of the molecule is CCCCc1ccccc1[P+](=O)O. The van der Waals surface area contributed by atoms with E-state index in [2.05, 4.69) is 6.92 Å². The molecule has 0 saturated carbocycles. The van der Waals surface area contributed by atoms with Crippen LogP contribution >= 0.6 is 8.03 Å². The molecule has 0 saturated heterocycles. The molecule has 0 aliphatic rings. The molecule has 3 heteroatoms. The molecule has 1 aromatic rings. The molecule has 0 fully saturated rings. The predicted octanol–water partition coefficient (Wildman–Crippen LogP) is 2.39. The average molecular weight is 197 g/mol. The van der Waals surface area contributed by atoms with Gasteiger partial charge in [0.2, 0.25) is 5.30 Å². The second-order valence-corrected chi connectivity index (χ2v) is 4.03. The van der Waals surface area contributed by atoms with Crippen molar-refractivity contribution < 1.29 is 9.46 Å². The van der Waals surface area contributed by atoms with Gasteiger partial charge in [0.05, 0.1) is 0 Å². The molecule has 0 aliphatic heterocycles. The van der Waals surface area contributed by atoms with Crippen molar-refractivity contribution in [3.63, 3.8) is 0 Å². The number of hydrogen-bond acceptors (Lipinski definition) is 1. The third-order valence-corrected chi connectivity index (χ3v) is 2.85. The zero-order chi connectivity index (χ0) is 9.68. The van der Waals surface area contributed by atoms with Gasteiger partial charge in [-0.3, -0.25) is 0 Å². The fourth-order valence-corrected chi connectivity index (χ4v) is 1.92. The molecule has 1 rings (SSSR count). The van der Waals surface area contributed by atoms with Crippen LogP contribution in [0, 0.1) is 0 Å². The summed E-state index contributed by atoms with van der Waals surface area (Å²) in [6, 6.07) is 7.36. The van der Waals surface area contributed by atoms with Gasteiger partial charge in [-0.1, -0.05) is 31.5 Å². The summed E-state index contributed by atoms with van der Waals surface area (Å²) in [5.74, 6) is 0. The van der Waals surface area contributed by atoms with E-state index in [9.17, 15) is 4.57 Å². The molecule has 0 amide bonds. The quantitative estimate of drug-likeness (QED) is 0.752. The van der Waals surface area contributed by atoms with Gasteiger partial charge in [0.15, 0.2) is 0 Å². The topological polar surface area (TPSA) is 37.3 Å². The molecule has 0 radical (unpaired) electrons. The van der Waals surface area contributed by atoms with Crippen molar-refractivity contribution in [1.29, 1.82) is 0 Å². The molecule has 13 heavy (non-hydrogen) atoms. The second kappa shape index (κ2) is 5.11. The number of benzene rings is 1. The van der Waals surface area contributed by atoms with Crippen molar-refractivity contribution in [2.24, 2.45) is 0 Å². The molecule has 1 N–H and O–H groups in total. The van der Waals surface area contributed by atoms with E-state index in [0.717, 1.165) is 24.8 Å². The summed E-state index contributed by atoms with van der Waals surface area (Å²) in [5.41, 5.74) is 1.01. The van der Waals surface area contributed by atoms with E-state index < -0.39 is 8.03 Å². The van der Waals surface area contributed by atoms with Crippen LogP contribution < -0.4 is 5.30 Å². The maximum Gasteiger partial charge on any atom is 0.546 e.